The van der Waals surface area contributed by atoms with Gasteiger partial charge in [-0.1, -0.05) is 6.07 Å². The van der Waals surface area contributed by atoms with Crippen LogP contribution in [0.4, 0.5) is 13.2 Å². The number of hydrogen-bond acceptors (Lipinski definition) is 11. The maximum Gasteiger partial charge on any atom is 0.490 e. The second-order valence-corrected chi connectivity index (χ2v) is 9.72. The number of ether oxygens (including phenoxy) is 1. The molecule has 1 aliphatic heterocycles. The van der Waals surface area contributed by atoms with Gasteiger partial charge in [-0.3, -0.25) is 14.6 Å². The average Bonchev–Trinajstić information content (AvgIpc) is 3.17. The summed E-state index contributed by atoms with van der Waals surface area (Å²) in [7, 11) is 0. The summed E-state index contributed by atoms with van der Waals surface area (Å²) in [5, 5.41) is 59.8. The number of esters is 1. The van der Waals surface area contributed by atoms with E-state index in [-0.39, 0.29) is 17.0 Å². The van der Waals surface area contributed by atoms with Crippen LogP contribution < -0.4 is 5.32 Å². The van der Waals surface area contributed by atoms with E-state index in [1.165, 1.54) is 61.8 Å². The highest BCUT2D eigenvalue weighted by molar-refractivity contribution is 6.18. The first kappa shape index (κ1) is 35.8. The van der Waals surface area contributed by atoms with Crippen LogP contribution >= 0.6 is 0 Å². The molecule has 0 radical (unpaired) electrons. The molecule has 1 atom stereocenters. The summed E-state index contributed by atoms with van der Waals surface area (Å²) < 4.78 is 37.4. The van der Waals surface area contributed by atoms with Crippen molar-refractivity contribution < 1.29 is 72.5 Å². The minimum Gasteiger partial charge on any atom is -0.508 e. The Morgan fingerprint density at radius 2 is 1.42 bits per heavy atom. The molecule has 1 unspecified atom stereocenters. The molecule has 250 valence electrons. The molecule has 3 aromatic rings. The van der Waals surface area contributed by atoms with Crippen LogP contribution in [0.5, 0.6) is 23.0 Å². The van der Waals surface area contributed by atoms with Crippen LogP contribution in [0.3, 0.4) is 0 Å². The minimum atomic E-state index is -5.08. The van der Waals surface area contributed by atoms with Crippen LogP contribution in [-0.2, 0) is 9.53 Å². The average molecular weight is 673 g/mol. The fraction of sp³-hybridized carbons (Fsp3) is 0.0968. The van der Waals surface area contributed by atoms with Crippen molar-refractivity contribution in [3.63, 3.8) is 0 Å². The third-order valence-corrected chi connectivity index (χ3v) is 6.31. The Labute approximate surface area is 267 Å². The number of benzene rings is 3. The molecule has 1 heterocycles. The molecule has 3 aromatic carbocycles. The molecule has 14 nitrogen and oxygen atoms in total. The predicted octanol–water partition coefficient (Wildman–Crippen LogP) is 3.90. The molecule has 17 heteroatoms. The Morgan fingerprint density at radius 1 is 0.833 bits per heavy atom. The van der Waals surface area contributed by atoms with Crippen molar-refractivity contribution in [2.75, 3.05) is 0 Å². The maximum atomic E-state index is 13.1. The number of aliphatic carboxylic acids is 1. The minimum absolute atomic E-state index is 0.0383. The number of amides is 1. The van der Waals surface area contributed by atoms with Crippen molar-refractivity contribution in [2.45, 2.75) is 18.7 Å². The van der Waals surface area contributed by atoms with Gasteiger partial charge in [0.1, 0.15) is 28.6 Å². The SMILES string of the molecule is CC1(OC(=O)c2cc(O)c(C(=O)c3c(O)cccc3C(=O)O)c(O)c2)C=CC=NC=C1NC(=O)c1ccc(O)cc1.O=C(O)C(F)(F)F. The second-order valence-electron chi connectivity index (χ2n) is 9.72. The van der Waals surface area contributed by atoms with Gasteiger partial charge in [0.25, 0.3) is 5.91 Å². The second kappa shape index (κ2) is 14.2. The van der Waals surface area contributed by atoms with Gasteiger partial charge in [0.05, 0.1) is 28.6 Å². The van der Waals surface area contributed by atoms with Crippen LogP contribution in [0.2, 0.25) is 0 Å². The van der Waals surface area contributed by atoms with E-state index in [0.29, 0.717) is 0 Å². The highest BCUT2D eigenvalue weighted by Crippen LogP contribution is 2.35. The van der Waals surface area contributed by atoms with Crippen LogP contribution in [0.25, 0.3) is 0 Å². The maximum absolute atomic E-state index is 13.1. The first-order chi connectivity index (χ1) is 22.4. The van der Waals surface area contributed by atoms with E-state index in [0.717, 1.165) is 24.3 Å². The van der Waals surface area contributed by atoms with Crippen molar-refractivity contribution in [3.8, 4) is 23.0 Å². The molecular weight excluding hydrogens is 649 g/mol. The molecule has 1 aliphatic rings. The lowest BCUT2D eigenvalue weighted by atomic mass is 9.95. The number of carboxylic acid groups (broad SMARTS) is 2. The van der Waals surface area contributed by atoms with Gasteiger partial charge in [-0.15, -0.1) is 0 Å². The zero-order valence-electron chi connectivity index (χ0n) is 24.2. The first-order valence-corrected chi connectivity index (χ1v) is 13.1. The molecule has 0 saturated heterocycles. The number of aromatic carboxylic acids is 1. The van der Waals surface area contributed by atoms with Crippen molar-refractivity contribution in [1.82, 2.24) is 5.32 Å². The number of halogens is 3. The number of nitrogens with zero attached hydrogens (tertiary/aromatic N) is 1. The lowest BCUT2D eigenvalue weighted by Gasteiger charge is -2.29. The number of phenols is 4. The Hall–Kier alpha value is -6.65. The monoisotopic (exact) mass is 672 g/mol. The number of rotatable bonds is 7. The quantitative estimate of drug-likeness (QED) is 0.140. The van der Waals surface area contributed by atoms with E-state index in [9.17, 15) is 57.9 Å². The van der Waals surface area contributed by atoms with Crippen LogP contribution in [0.1, 0.15) is 53.9 Å². The number of aliphatic imine (C=N–C) groups is 1. The number of aromatic hydroxyl groups is 4. The number of phenolic OH excluding ortho intramolecular Hbond substituents is 4. The van der Waals surface area contributed by atoms with E-state index >= 15 is 0 Å². The molecule has 0 spiro atoms. The standard InChI is InChI=1S/C29H22N2O10.C2HF3O2/c1-29(10-3-11-30-14-22(29)31-26(37)15-6-8-17(32)9-7-15)41-28(40)16-12-20(34)24(21(35)13-16)25(36)23-18(27(38)39)4-2-5-19(23)33;3-2(4,5)1(6)7/h2-14,32-35H,1H3,(H,31,37)(H,38,39);(H,6,7). The Kier molecular flexibility index (Phi) is 10.6. The van der Waals surface area contributed by atoms with Gasteiger partial charge in [0.2, 0.25) is 5.78 Å². The largest absolute Gasteiger partial charge is 0.508 e. The van der Waals surface area contributed by atoms with Gasteiger partial charge >= 0.3 is 24.1 Å². The Bertz CT molecular complexity index is 1860. The number of carboxylic acids is 2. The highest BCUT2D eigenvalue weighted by Gasteiger charge is 2.38. The summed E-state index contributed by atoms with van der Waals surface area (Å²) in [6, 6.07) is 10.4. The van der Waals surface area contributed by atoms with Crippen molar-refractivity contribution >= 4 is 35.8 Å². The van der Waals surface area contributed by atoms with E-state index in [1.54, 1.807) is 0 Å². The number of carbonyl (C=O) groups excluding carboxylic acids is 3. The predicted molar refractivity (Wildman–Crippen MR) is 157 cm³/mol. The van der Waals surface area contributed by atoms with Gasteiger partial charge in [-0.2, -0.15) is 13.2 Å². The zero-order chi connectivity index (χ0) is 36.0. The van der Waals surface area contributed by atoms with Crippen LogP contribution in [0, 0.1) is 0 Å². The molecule has 0 bridgehead atoms. The number of alkyl halides is 3. The van der Waals surface area contributed by atoms with Gasteiger partial charge in [-0.25, -0.2) is 14.4 Å². The molecule has 4 rings (SSSR count). The lowest BCUT2D eigenvalue weighted by Crippen LogP contribution is -2.40. The number of hydrogen-bond donors (Lipinski definition) is 7. The summed E-state index contributed by atoms with van der Waals surface area (Å²) in [5.74, 6) is -9.66. The molecule has 0 aliphatic carbocycles. The van der Waals surface area contributed by atoms with Crippen LogP contribution in [-0.4, -0.2) is 78.2 Å². The van der Waals surface area contributed by atoms with Gasteiger partial charge in [0, 0.05) is 11.8 Å². The van der Waals surface area contributed by atoms with E-state index in [1.807, 2.05) is 0 Å². The Morgan fingerprint density at radius 3 is 1.96 bits per heavy atom. The van der Waals surface area contributed by atoms with Gasteiger partial charge in [0.15, 0.2) is 5.60 Å². The van der Waals surface area contributed by atoms with Crippen molar-refractivity contribution in [2.24, 2.45) is 4.99 Å². The first-order valence-electron chi connectivity index (χ1n) is 13.1. The number of carbonyl (C=O) groups is 5. The fourth-order valence-electron chi connectivity index (χ4n) is 3.96. The van der Waals surface area contributed by atoms with E-state index in [2.05, 4.69) is 10.3 Å². The van der Waals surface area contributed by atoms with Gasteiger partial charge in [-0.05, 0) is 67.6 Å². The summed E-state index contributed by atoms with van der Waals surface area (Å²) >= 11 is 0. The molecule has 0 fully saturated rings. The van der Waals surface area contributed by atoms with E-state index in [4.69, 9.17) is 14.6 Å². The fourth-order valence-corrected chi connectivity index (χ4v) is 3.96. The summed E-state index contributed by atoms with van der Waals surface area (Å²) in [6.07, 6.45) is 0.447. The molecule has 0 aromatic heterocycles. The smallest absolute Gasteiger partial charge is 0.490 e. The third kappa shape index (κ3) is 8.33. The number of ketones is 1. The van der Waals surface area contributed by atoms with Crippen LogP contribution in [0.15, 0.2) is 83.6 Å². The molecule has 48 heavy (non-hydrogen) atoms. The molecule has 0 saturated carbocycles. The zero-order valence-corrected chi connectivity index (χ0v) is 24.2. The summed E-state index contributed by atoms with van der Waals surface area (Å²) in [6.45, 7) is 1.45. The topological polar surface area (TPSA) is 240 Å². The Balaban J connectivity index is 0.000000804. The van der Waals surface area contributed by atoms with Gasteiger partial charge < -0.3 is 40.7 Å². The molecule has 7 N–H and O–H groups in total. The van der Waals surface area contributed by atoms with Crippen molar-refractivity contribution in [1.29, 1.82) is 0 Å². The lowest BCUT2D eigenvalue weighted by molar-refractivity contribution is -0.192. The molecular formula is C31H23F3N2O12. The highest BCUT2D eigenvalue weighted by atomic mass is 19.4. The molecule has 1 amide bonds. The number of nitrogens with one attached hydrogen (secondary N) is 1. The van der Waals surface area contributed by atoms with Crippen molar-refractivity contribution in [3.05, 3.63) is 106 Å². The summed E-state index contributed by atoms with van der Waals surface area (Å²) in [4.78, 5) is 63.4. The van der Waals surface area contributed by atoms with E-state index < -0.39 is 80.9 Å². The third-order valence-electron chi connectivity index (χ3n) is 6.31. The normalized spacial score (nSPS) is 15.2. The summed E-state index contributed by atoms with van der Waals surface area (Å²) in [5.41, 5.74) is -3.74. The number of allylic oxidation sites excluding steroid dienone is 1.